The lowest BCUT2D eigenvalue weighted by molar-refractivity contribution is -0.384. The topological polar surface area (TPSA) is 69.4 Å². The second kappa shape index (κ2) is 4.14. The van der Waals surface area contributed by atoms with E-state index >= 15 is 0 Å². The zero-order chi connectivity index (χ0) is 11.5. The first kappa shape index (κ1) is 10.4. The van der Waals surface area contributed by atoms with Crippen LogP contribution in [0.5, 0.6) is 0 Å². The molecule has 16 heavy (non-hydrogen) atoms. The molecular weight excluding hydrogens is 210 g/mol. The van der Waals surface area contributed by atoms with E-state index in [1.807, 2.05) is 0 Å². The highest BCUT2D eigenvalue weighted by atomic mass is 16.6. The van der Waals surface area contributed by atoms with Gasteiger partial charge in [-0.1, -0.05) is 12.1 Å². The molecule has 0 amide bonds. The molecule has 1 aliphatic heterocycles. The Morgan fingerprint density at radius 1 is 1.44 bits per heavy atom. The maximum absolute atomic E-state index is 11.2. The van der Waals surface area contributed by atoms with Crippen molar-refractivity contribution < 1.29 is 14.5 Å². The Labute approximate surface area is 91.5 Å². The van der Waals surface area contributed by atoms with Gasteiger partial charge in [0, 0.05) is 24.1 Å². The standard InChI is InChI=1S/C11H9NO4/c13-11-9(4-5-16-11)6-8-2-1-3-10(7-8)12(14)15/h1-3,6-7H,4-5H2/b9-6+. The molecule has 2 rings (SSSR count). The number of cyclic esters (lactones) is 1. The van der Waals surface area contributed by atoms with E-state index in [4.69, 9.17) is 4.74 Å². The largest absolute Gasteiger partial charge is 0.462 e. The van der Waals surface area contributed by atoms with E-state index in [9.17, 15) is 14.9 Å². The molecule has 0 unspecified atom stereocenters. The zero-order valence-corrected chi connectivity index (χ0v) is 8.38. The maximum Gasteiger partial charge on any atom is 0.334 e. The molecule has 0 atom stereocenters. The fraction of sp³-hybridized carbons (Fsp3) is 0.182. The minimum Gasteiger partial charge on any atom is -0.462 e. The Kier molecular flexibility index (Phi) is 2.68. The zero-order valence-electron chi connectivity index (χ0n) is 8.38. The number of nitrogens with zero attached hydrogens (tertiary/aromatic N) is 1. The Hall–Kier alpha value is -2.17. The number of ether oxygens (including phenoxy) is 1. The van der Waals surface area contributed by atoms with Gasteiger partial charge in [0.25, 0.3) is 5.69 Å². The van der Waals surface area contributed by atoms with E-state index in [0.29, 0.717) is 24.2 Å². The molecule has 0 bridgehead atoms. The smallest absolute Gasteiger partial charge is 0.334 e. The number of hydrogen-bond donors (Lipinski definition) is 0. The van der Waals surface area contributed by atoms with Gasteiger partial charge in [-0.15, -0.1) is 0 Å². The summed E-state index contributed by atoms with van der Waals surface area (Å²) in [7, 11) is 0. The number of carbonyl (C=O) groups is 1. The van der Waals surface area contributed by atoms with Gasteiger partial charge in [0.2, 0.25) is 0 Å². The van der Waals surface area contributed by atoms with E-state index in [0.717, 1.165) is 0 Å². The molecule has 0 saturated carbocycles. The Bertz CT molecular complexity index is 479. The fourth-order valence-corrected chi connectivity index (χ4v) is 1.51. The summed E-state index contributed by atoms with van der Waals surface area (Å²) in [6, 6.07) is 6.14. The summed E-state index contributed by atoms with van der Waals surface area (Å²) >= 11 is 0. The summed E-state index contributed by atoms with van der Waals surface area (Å²) in [4.78, 5) is 21.3. The van der Waals surface area contributed by atoms with E-state index in [2.05, 4.69) is 0 Å². The number of nitro benzene ring substituents is 1. The number of nitro groups is 1. The number of carbonyl (C=O) groups excluding carboxylic acids is 1. The summed E-state index contributed by atoms with van der Waals surface area (Å²) in [6.45, 7) is 0.388. The predicted octanol–water partition coefficient (Wildman–Crippen LogP) is 1.93. The van der Waals surface area contributed by atoms with Crippen molar-refractivity contribution in [3.05, 3.63) is 45.5 Å². The first-order valence-electron chi connectivity index (χ1n) is 4.79. The van der Waals surface area contributed by atoms with Crippen LogP contribution >= 0.6 is 0 Å². The Morgan fingerprint density at radius 3 is 2.88 bits per heavy atom. The van der Waals surface area contributed by atoms with Gasteiger partial charge in [-0.2, -0.15) is 0 Å². The highest BCUT2D eigenvalue weighted by Gasteiger charge is 2.18. The number of esters is 1. The molecule has 0 radical (unpaired) electrons. The van der Waals surface area contributed by atoms with Crippen LogP contribution in [0.4, 0.5) is 5.69 Å². The molecule has 0 aromatic heterocycles. The number of hydrogen-bond acceptors (Lipinski definition) is 4. The van der Waals surface area contributed by atoms with E-state index in [1.54, 1.807) is 18.2 Å². The van der Waals surface area contributed by atoms with Crippen LogP contribution in [0, 0.1) is 10.1 Å². The second-order valence-corrected chi connectivity index (χ2v) is 3.41. The minimum absolute atomic E-state index is 0.0146. The van der Waals surface area contributed by atoms with E-state index in [-0.39, 0.29) is 11.7 Å². The molecule has 1 fully saturated rings. The molecule has 1 aromatic carbocycles. The normalized spacial score (nSPS) is 17.5. The summed E-state index contributed by atoms with van der Waals surface area (Å²) in [5.74, 6) is -0.341. The van der Waals surface area contributed by atoms with Crippen LogP contribution < -0.4 is 0 Å². The van der Waals surface area contributed by atoms with Crippen molar-refractivity contribution in [2.45, 2.75) is 6.42 Å². The number of rotatable bonds is 2. The van der Waals surface area contributed by atoms with Crippen LogP contribution in [0.2, 0.25) is 0 Å². The van der Waals surface area contributed by atoms with Crippen LogP contribution in [0.1, 0.15) is 12.0 Å². The Morgan fingerprint density at radius 2 is 2.25 bits per heavy atom. The molecule has 5 heteroatoms. The monoisotopic (exact) mass is 219 g/mol. The first-order valence-corrected chi connectivity index (χ1v) is 4.79. The van der Waals surface area contributed by atoms with Gasteiger partial charge in [0.15, 0.2) is 0 Å². The average molecular weight is 219 g/mol. The van der Waals surface area contributed by atoms with Crippen LogP contribution in [0.15, 0.2) is 29.8 Å². The van der Waals surface area contributed by atoms with Gasteiger partial charge in [-0.25, -0.2) is 4.79 Å². The third kappa shape index (κ3) is 2.08. The molecule has 1 aromatic rings. The third-order valence-electron chi connectivity index (χ3n) is 2.29. The lowest BCUT2D eigenvalue weighted by Crippen LogP contribution is -1.94. The molecule has 1 aliphatic rings. The van der Waals surface area contributed by atoms with Crippen LogP contribution in [-0.4, -0.2) is 17.5 Å². The van der Waals surface area contributed by atoms with Crippen LogP contribution in [0.3, 0.4) is 0 Å². The van der Waals surface area contributed by atoms with Crippen molar-refractivity contribution in [2.75, 3.05) is 6.61 Å². The number of non-ortho nitro benzene ring substituents is 1. The van der Waals surface area contributed by atoms with Crippen molar-refractivity contribution in [1.29, 1.82) is 0 Å². The summed E-state index contributed by atoms with van der Waals surface area (Å²) in [5, 5.41) is 10.5. The molecule has 1 heterocycles. The molecule has 82 valence electrons. The SMILES string of the molecule is O=C1OCC/C1=C\c1cccc([N+](=O)[O-])c1. The van der Waals surface area contributed by atoms with Crippen molar-refractivity contribution in [2.24, 2.45) is 0 Å². The highest BCUT2D eigenvalue weighted by Crippen LogP contribution is 2.20. The molecule has 1 saturated heterocycles. The van der Waals surface area contributed by atoms with Crippen molar-refractivity contribution in [3.8, 4) is 0 Å². The van der Waals surface area contributed by atoms with Crippen molar-refractivity contribution >= 4 is 17.7 Å². The minimum atomic E-state index is -0.463. The Balaban J connectivity index is 2.31. The highest BCUT2D eigenvalue weighted by molar-refractivity contribution is 5.95. The van der Waals surface area contributed by atoms with E-state index < -0.39 is 4.92 Å². The molecular formula is C11H9NO4. The van der Waals surface area contributed by atoms with Crippen LogP contribution in [-0.2, 0) is 9.53 Å². The first-order chi connectivity index (χ1) is 7.66. The van der Waals surface area contributed by atoms with Gasteiger partial charge < -0.3 is 4.74 Å². The van der Waals surface area contributed by atoms with E-state index in [1.165, 1.54) is 12.1 Å². The lowest BCUT2D eigenvalue weighted by Gasteiger charge is -1.95. The van der Waals surface area contributed by atoms with Crippen LogP contribution in [0.25, 0.3) is 6.08 Å². The molecule has 0 N–H and O–H groups in total. The molecule has 0 spiro atoms. The van der Waals surface area contributed by atoms with Gasteiger partial charge in [-0.3, -0.25) is 10.1 Å². The summed E-state index contributed by atoms with van der Waals surface area (Å²) in [6.07, 6.45) is 2.18. The van der Waals surface area contributed by atoms with Gasteiger partial charge in [0.05, 0.1) is 11.5 Å². The molecule has 5 nitrogen and oxygen atoms in total. The predicted molar refractivity (Wildman–Crippen MR) is 56.6 cm³/mol. The van der Waals surface area contributed by atoms with Gasteiger partial charge in [0.1, 0.15) is 0 Å². The third-order valence-corrected chi connectivity index (χ3v) is 2.29. The second-order valence-electron chi connectivity index (χ2n) is 3.41. The quantitative estimate of drug-likeness (QED) is 0.330. The van der Waals surface area contributed by atoms with Gasteiger partial charge >= 0.3 is 5.97 Å². The lowest BCUT2D eigenvalue weighted by atomic mass is 10.1. The molecule has 0 aliphatic carbocycles. The summed E-state index contributed by atoms with van der Waals surface area (Å²) in [5.41, 5.74) is 1.21. The average Bonchev–Trinajstić information content (AvgIpc) is 2.65. The number of benzene rings is 1. The fourth-order valence-electron chi connectivity index (χ4n) is 1.51. The van der Waals surface area contributed by atoms with Crippen molar-refractivity contribution in [1.82, 2.24) is 0 Å². The van der Waals surface area contributed by atoms with Gasteiger partial charge in [-0.05, 0) is 11.6 Å². The van der Waals surface area contributed by atoms with Crippen molar-refractivity contribution in [3.63, 3.8) is 0 Å². The summed E-state index contributed by atoms with van der Waals surface area (Å²) < 4.78 is 4.77. The maximum atomic E-state index is 11.2.